The van der Waals surface area contributed by atoms with Gasteiger partial charge in [0, 0.05) is 11.6 Å². The highest BCUT2D eigenvalue weighted by molar-refractivity contribution is 5.85. The molecule has 18 heavy (non-hydrogen) atoms. The van der Waals surface area contributed by atoms with E-state index in [2.05, 4.69) is 13.8 Å². The summed E-state index contributed by atoms with van der Waals surface area (Å²) in [7, 11) is 0. The SMILES string of the molecule is CC(C)CC[C@H](N)c1ccc(F)cc1[N+](=O)[O-].Cl. The fourth-order valence-electron chi connectivity index (χ4n) is 1.66. The van der Waals surface area contributed by atoms with Gasteiger partial charge in [-0.3, -0.25) is 10.1 Å². The van der Waals surface area contributed by atoms with E-state index in [0.29, 0.717) is 17.9 Å². The standard InChI is InChI=1S/C12H17FN2O2.ClH/c1-8(2)3-6-11(14)10-5-4-9(13)7-12(10)15(16)17;/h4-5,7-8,11H,3,6,14H2,1-2H3;1H/t11-;/m0./s1. The third-order valence-corrected chi connectivity index (χ3v) is 2.64. The van der Waals surface area contributed by atoms with Crippen LogP contribution >= 0.6 is 12.4 Å². The fourth-order valence-corrected chi connectivity index (χ4v) is 1.66. The topological polar surface area (TPSA) is 69.2 Å². The number of hydrogen-bond donors (Lipinski definition) is 1. The first-order chi connectivity index (χ1) is 7.91. The Morgan fingerprint density at radius 1 is 1.39 bits per heavy atom. The van der Waals surface area contributed by atoms with Crippen molar-refractivity contribution >= 4 is 18.1 Å². The van der Waals surface area contributed by atoms with Crippen molar-refractivity contribution in [2.75, 3.05) is 0 Å². The van der Waals surface area contributed by atoms with Gasteiger partial charge in [-0.2, -0.15) is 0 Å². The molecule has 0 saturated carbocycles. The number of nitro benzene ring substituents is 1. The van der Waals surface area contributed by atoms with Crippen molar-refractivity contribution in [2.45, 2.75) is 32.7 Å². The molecule has 0 aliphatic rings. The summed E-state index contributed by atoms with van der Waals surface area (Å²) in [5.74, 6) is -0.128. The molecule has 0 saturated heterocycles. The van der Waals surface area contributed by atoms with E-state index in [9.17, 15) is 14.5 Å². The van der Waals surface area contributed by atoms with Gasteiger partial charge in [0.2, 0.25) is 0 Å². The molecule has 2 N–H and O–H groups in total. The lowest BCUT2D eigenvalue weighted by Gasteiger charge is -2.13. The molecular formula is C12H18ClFN2O2. The number of nitro groups is 1. The minimum absolute atomic E-state index is 0. The molecule has 0 aliphatic carbocycles. The van der Waals surface area contributed by atoms with Gasteiger partial charge in [-0.05, 0) is 30.9 Å². The number of nitrogens with zero attached hydrogens (tertiary/aromatic N) is 1. The molecule has 1 rings (SSSR count). The van der Waals surface area contributed by atoms with Crippen LogP contribution in [0.5, 0.6) is 0 Å². The first-order valence-corrected chi connectivity index (χ1v) is 5.61. The van der Waals surface area contributed by atoms with Gasteiger partial charge in [-0.15, -0.1) is 12.4 Å². The second-order valence-electron chi connectivity index (χ2n) is 4.54. The average molecular weight is 277 g/mol. The number of benzene rings is 1. The van der Waals surface area contributed by atoms with Crippen LogP contribution in [0.15, 0.2) is 18.2 Å². The quantitative estimate of drug-likeness (QED) is 0.660. The Hall–Kier alpha value is -1.20. The van der Waals surface area contributed by atoms with E-state index in [-0.39, 0.29) is 18.1 Å². The Morgan fingerprint density at radius 3 is 2.50 bits per heavy atom. The maximum atomic E-state index is 12.9. The summed E-state index contributed by atoms with van der Waals surface area (Å²) in [6, 6.07) is 3.11. The second kappa shape index (κ2) is 7.28. The first-order valence-electron chi connectivity index (χ1n) is 5.61. The van der Waals surface area contributed by atoms with Crippen LogP contribution in [0, 0.1) is 21.8 Å². The van der Waals surface area contributed by atoms with Gasteiger partial charge in [-0.25, -0.2) is 4.39 Å². The average Bonchev–Trinajstić information content (AvgIpc) is 2.25. The van der Waals surface area contributed by atoms with Crippen LogP contribution in [0.2, 0.25) is 0 Å². The van der Waals surface area contributed by atoms with E-state index in [4.69, 9.17) is 5.73 Å². The summed E-state index contributed by atoms with van der Waals surface area (Å²) in [6.07, 6.45) is 1.54. The fraction of sp³-hybridized carbons (Fsp3) is 0.500. The highest BCUT2D eigenvalue weighted by Crippen LogP contribution is 2.28. The van der Waals surface area contributed by atoms with E-state index >= 15 is 0 Å². The van der Waals surface area contributed by atoms with E-state index < -0.39 is 16.8 Å². The van der Waals surface area contributed by atoms with E-state index in [1.165, 1.54) is 12.1 Å². The molecule has 6 heteroatoms. The molecule has 1 atom stereocenters. The summed E-state index contributed by atoms with van der Waals surface area (Å²) in [5, 5.41) is 10.8. The lowest BCUT2D eigenvalue weighted by Crippen LogP contribution is -2.13. The van der Waals surface area contributed by atoms with Gasteiger partial charge in [0.25, 0.3) is 5.69 Å². The first kappa shape index (κ1) is 16.8. The third kappa shape index (κ3) is 4.58. The molecule has 4 nitrogen and oxygen atoms in total. The van der Waals surface area contributed by atoms with Crippen LogP contribution in [0.1, 0.15) is 38.3 Å². The minimum atomic E-state index is -0.614. The molecule has 0 fully saturated rings. The molecule has 0 heterocycles. The molecule has 0 aliphatic heterocycles. The van der Waals surface area contributed by atoms with E-state index in [0.717, 1.165) is 12.5 Å². The van der Waals surface area contributed by atoms with Gasteiger partial charge in [0.05, 0.1) is 11.0 Å². The molecule has 0 bridgehead atoms. The minimum Gasteiger partial charge on any atom is -0.324 e. The molecule has 0 spiro atoms. The maximum absolute atomic E-state index is 12.9. The summed E-state index contributed by atoms with van der Waals surface area (Å²) < 4.78 is 12.9. The molecule has 0 radical (unpaired) electrons. The normalized spacial score (nSPS) is 12.1. The maximum Gasteiger partial charge on any atom is 0.277 e. The molecule has 0 amide bonds. The van der Waals surface area contributed by atoms with Crippen LogP contribution in [0.3, 0.4) is 0 Å². The van der Waals surface area contributed by atoms with Gasteiger partial charge in [0.15, 0.2) is 0 Å². The Labute approximate surface area is 112 Å². The Kier molecular flexibility index (Phi) is 6.80. The van der Waals surface area contributed by atoms with Crippen LogP contribution in [0.4, 0.5) is 10.1 Å². The van der Waals surface area contributed by atoms with Crippen molar-refractivity contribution in [3.8, 4) is 0 Å². The predicted molar refractivity (Wildman–Crippen MR) is 71.3 cm³/mol. The summed E-state index contributed by atoms with van der Waals surface area (Å²) in [4.78, 5) is 10.2. The summed E-state index contributed by atoms with van der Waals surface area (Å²) in [5.41, 5.74) is 6.07. The van der Waals surface area contributed by atoms with Crippen LogP contribution < -0.4 is 5.73 Å². The molecule has 0 aromatic heterocycles. The van der Waals surface area contributed by atoms with Gasteiger partial charge in [-0.1, -0.05) is 13.8 Å². The molecule has 102 valence electrons. The van der Waals surface area contributed by atoms with Gasteiger partial charge >= 0.3 is 0 Å². The lowest BCUT2D eigenvalue weighted by molar-refractivity contribution is -0.385. The zero-order chi connectivity index (χ0) is 13.0. The van der Waals surface area contributed by atoms with Crippen LogP contribution in [-0.4, -0.2) is 4.92 Å². The number of nitrogens with two attached hydrogens (primary N) is 1. The zero-order valence-corrected chi connectivity index (χ0v) is 11.2. The Morgan fingerprint density at radius 2 is 2.00 bits per heavy atom. The summed E-state index contributed by atoms with van der Waals surface area (Å²) >= 11 is 0. The predicted octanol–water partition coefficient (Wildman–Crippen LogP) is 3.59. The third-order valence-electron chi connectivity index (χ3n) is 2.64. The molecule has 0 unspecified atom stereocenters. The smallest absolute Gasteiger partial charge is 0.277 e. The van der Waals surface area contributed by atoms with Crippen molar-refractivity contribution in [3.05, 3.63) is 39.7 Å². The highest BCUT2D eigenvalue weighted by atomic mass is 35.5. The van der Waals surface area contributed by atoms with E-state index in [1.807, 2.05) is 0 Å². The molecule has 1 aromatic rings. The van der Waals surface area contributed by atoms with Gasteiger partial charge in [0.1, 0.15) is 5.82 Å². The molecule has 1 aromatic carbocycles. The van der Waals surface area contributed by atoms with Crippen LogP contribution in [-0.2, 0) is 0 Å². The monoisotopic (exact) mass is 276 g/mol. The Balaban J connectivity index is 0.00000289. The van der Waals surface area contributed by atoms with Crippen molar-refractivity contribution in [3.63, 3.8) is 0 Å². The summed E-state index contributed by atoms with van der Waals surface area (Å²) in [6.45, 7) is 4.12. The number of halogens is 2. The molecular weight excluding hydrogens is 259 g/mol. The zero-order valence-electron chi connectivity index (χ0n) is 10.4. The van der Waals surface area contributed by atoms with Crippen molar-refractivity contribution in [2.24, 2.45) is 11.7 Å². The van der Waals surface area contributed by atoms with Crippen molar-refractivity contribution in [1.82, 2.24) is 0 Å². The largest absolute Gasteiger partial charge is 0.324 e. The van der Waals surface area contributed by atoms with Crippen molar-refractivity contribution in [1.29, 1.82) is 0 Å². The van der Waals surface area contributed by atoms with E-state index in [1.54, 1.807) is 0 Å². The van der Waals surface area contributed by atoms with Gasteiger partial charge < -0.3 is 5.73 Å². The second-order valence-corrected chi connectivity index (χ2v) is 4.54. The highest BCUT2D eigenvalue weighted by Gasteiger charge is 2.20. The van der Waals surface area contributed by atoms with Crippen LogP contribution in [0.25, 0.3) is 0 Å². The number of hydrogen-bond acceptors (Lipinski definition) is 3. The number of rotatable bonds is 5. The lowest BCUT2D eigenvalue weighted by atomic mass is 9.97. The Bertz CT molecular complexity index is 413. The van der Waals surface area contributed by atoms with Crippen molar-refractivity contribution < 1.29 is 9.31 Å².